The summed E-state index contributed by atoms with van der Waals surface area (Å²) in [4.78, 5) is 12.3. The van der Waals surface area contributed by atoms with Gasteiger partial charge in [0.1, 0.15) is 9.79 Å². The molecular weight excluding hydrogens is 615 g/mol. The molecule has 15 heteroatoms. The zero-order valence-corrected chi connectivity index (χ0v) is 23.8. The van der Waals surface area contributed by atoms with Crippen LogP contribution >= 0.6 is 0 Å². The molecule has 1 aromatic heterocycles. The van der Waals surface area contributed by atoms with Crippen LogP contribution in [0.2, 0.25) is 0 Å². The molecule has 4 N–H and O–H groups in total. The van der Waals surface area contributed by atoms with Crippen LogP contribution in [-0.4, -0.2) is 65.9 Å². The van der Waals surface area contributed by atoms with E-state index in [2.05, 4.69) is 31.1 Å². The molecule has 0 aliphatic heterocycles. The van der Waals surface area contributed by atoms with E-state index in [1.54, 1.807) is 36.4 Å². The van der Waals surface area contributed by atoms with Crippen LogP contribution in [-0.2, 0) is 24.5 Å². The van der Waals surface area contributed by atoms with Crippen LogP contribution in [0.25, 0.3) is 12.2 Å². The van der Waals surface area contributed by atoms with Crippen molar-refractivity contribution in [2.24, 2.45) is 0 Å². The predicted molar refractivity (Wildman–Crippen MR) is 170 cm³/mol. The number of nitrogens with zero attached hydrogens (tertiary/aromatic N) is 3. The van der Waals surface area contributed by atoms with Crippen molar-refractivity contribution in [1.82, 2.24) is 15.0 Å². The Hall–Kier alpha value is -4.15. The van der Waals surface area contributed by atoms with Crippen molar-refractivity contribution in [2.45, 2.75) is 9.79 Å². The number of para-hydroxylation sites is 2. The molecule has 0 aliphatic carbocycles. The predicted octanol–water partition coefficient (Wildman–Crippen LogP) is 4.86. The van der Waals surface area contributed by atoms with Gasteiger partial charge in [-0.15, -0.1) is 4.28 Å². The van der Waals surface area contributed by atoms with E-state index in [9.17, 15) is 21.4 Å². The monoisotopic (exact) mass is 640 g/mol. The van der Waals surface area contributed by atoms with E-state index in [-0.39, 0.29) is 68.3 Å². The van der Waals surface area contributed by atoms with Gasteiger partial charge in [-0.1, -0.05) is 84.9 Å². The average molecular weight is 641 g/mol. The summed E-state index contributed by atoms with van der Waals surface area (Å²) in [6.07, 6.45) is 2.77. The standard InChI is InChI=1S/C29H24N6O6S2.Na.H/c36-42(37,38)25-17-9-7-11-21(25)19-20-22-12-8-10-18-26(22)43(39,40)41-35-29-33-27(30-23-13-3-1-4-14-23)32-28(34-29)31-24-15-5-2-6-16-24;;/h1-20H,(H,36,37,38)(H3,30,31,32,33,34,35);;. The Morgan fingerprint density at radius 2 is 0.977 bits per heavy atom. The molecule has 5 rings (SSSR count). The summed E-state index contributed by atoms with van der Waals surface area (Å²) < 4.78 is 64.6. The third-order valence-electron chi connectivity index (χ3n) is 5.77. The van der Waals surface area contributed by atoms with E-state index < -0.39 is 20.2 Å². The number of nitrogens with one attached hydrogen (secondary N) is 3. The number of rotatable bonds is 11. The second-order valence-electron chi connectivity index (χ2n) is 8.81. The number of anilines is 5. The Kier molecular flexibility index (Phi) is 10.8. The molecule has 0 saturated heterocycles. The summed E-state index contributed by atoms with van der Waals surface area (Å²) >= 11 is 0. The first-order chi connectivity index (χ1) is 20.7. The Balaban J connectivity index is 0.00000442. The van der Waals surface area contributed by atoms with E-state index in [1.807, 2.05) is 36.4 Å². The summed E-state index contributed by atoms with van der Waals surface area (Å²) in [5, 5.41) is 6.08. The van der Waals surface area contributed by atoms with Crippen molar-refractivity contribution >= 4 is 91.2 Å². The van der Waals surface area contributed by atoms with Gasteiger partial charge in [-0.2, -0.15) is 31.8 Å². The van der Waals surface area contributed by atoms with Gasteiger partial charge in [0, 0.05) is 11.4 Å². The maximum absolute atomic E-state index is 13.3. The van der Waals surface area contributed by atoms with Gasteiger partial charge >= 0.3 is 39.7 Å². The Bertz CT molecular complexity index is 1920. The zero-order valence-electron chi connectivity index (χ0n) is 22.2. The molecule has 0 bridgehead atoms. The average Bonchev–Trinajstić information content (AvgIpc) is 3.00. The first-order valence-electron chi connectivity index (χ1n) is 12.6. The number of benzene rings is 4. The van der Waals surface area contributed by atoms with E-state index in [0.29, 0.717) is 11.4 Å². The van der Waals surface area contributed by atoms with Gasteiger partial charge in [-0.05, 0) is 47.5 Å². The van der Waals surface area contributed by atoms with Crippen molar-refractivity contribution in [3.63, 3.8) is 0 Å². The Labute approximate surface area is 276 Å². The first-order valence-corrected chi connectivity index (χ1v) is 15.5. The molecule has 0 aliphatic rings. The van der Waals surface area contributed by atoms with Gasteiger partial charge in [0.2, 0.25) is 11.9 Å². The van der Waals surface area contributed by atoms with Gasteiger partial charge in [0.15, 0.2) is 0 Å². The van der Waals surface area contributed by atoms with Crippen molar-refractivity contribution in [2.75, 3.05) is 16.1 Å². The van der Waals surface area contributed by atoms with E-state index in [4.69, 9.17) is 4.28 Å². The number of hydrogen-bond acceptors (Lipinski definition) is 11. The van der Waals surface area contributed by atoms with Crippen LogP contribution in [0.5, 0.6) is 0 Å². The Morgan fingerprint density at radius 1 is 0.568 bits per heavy atom. The van der Waals surface area contributed by atoms with Crippen molar-refractivity contribution in [1.29, 1.82) is 0 Å². The van der Waals surface area contributed by atoms with E-state index in [1.165, 1.54) is 48.6 Å². The molecule has 0 spiro atoms. The molecule has 0 fully saturated rings. The molecule has 12 nitrogen and oxygen atoms in total. The third kappa shape index (κ3) is 8.70. The topological polar surface area (TPSA) is 172 Å². The molecule has 0 amide bonds. The molecule has 5 aromatic rings. The second-order valence-corrected chi connectivity index (χ2v) is 11.7. The van der Waals surface area contributed by atoms with Crippen LogP contribution in [0, 0.1) is 0 Å². The summed E-state index contributed by atoms with van der Waals surface area (Å²) in [6, 6.07) is 29.9. The van der Waals surface area contributed by atoms with Crippen LogP contribution < -0.4 is 16.1 Å². The molecule has 0 atom stereocenters. The molecule has 44 heavy (non-hydrogen) atoms. The normalized spacial score (nSPS) is 11.5. The minimum atomic E-state index is -4.50. The fourth-order valence-corrected chi connectivity index (χ4v) is 5.48. The summed E-state index contributed by atoms with van der Waals surface area (Å²) in [7, 11) is -8.94. The van der Waals surface area contributed by atoms with E-state index >= 15 is 0 Å². The SMILES string of the molecule is O=S(=O)(O)c1ccccc1C=Cc1ccccc1S(=O)(=O)ONc1nc(Nc2ccccc2)nc(Nc2ccccc2)n1.[NaH]. The molecule has 0 saturated carbocycles. The third-order valence-corrected chi connectivity index (χ3v) is 7.91. The van der Waals surface area contributed by atoms with Crippen molar-refractivity contribution in [3.8, 4) is 0 Å². The van der Waals surface area contributed by atoms with Crippen LogP contribution in [0.1, 0.15) is 11.1 Å². The van der Waals surface area contributed by atoms with Crippen molar-refractivity contribution in [3.05, 3.63) is 120 Å². The summed E-state index contributed by atoms with van der Waals surface area (Å²) in [5.41, 5.74) is 4.04. The van der Waals surface area contributed by atoms with Crippen molar-refractivity contribution < 1.29 is 25.7 Å². The van der Waals surface area contributed by atoms with Crippen LogP contribution in [0.4, 0.5) is 29.2 Å². The number of aromatic nitrogens is 3. The fourth-order valence-electron chi connectivity index (χ4n) is 3.85. The minimum absolute atomic E-state index is 0. The van der Waals surface area contributed by atoms with E-state index in [0.717, 1.165) is 0 Å². The van der Waals surface area contributed by atoms with Crippen LogP contribution in [0.15, 0.2) is 119 Å². The quantitative estimate of drug-likeness (QED) is 0.0670. The molecule has 4 aromatic carbocycles. The van der Waals surface area contributed by atoms with Crippen LogP contribution in [0.3, 0.4) is 0 Å². The molecular formula is C29H25N6NaO6S2. The van der Waals surface area contributed by atoms with Gasteiger partial charge in [0.05, 0.1) is 0 Å². The fraction of sp³-hybridized carbons (Fsp3) is 0. The zero-order chi connectivity index (χ0) is 30.3. The summed E-state index contributed by atoms with van der Waals surface area (Å²) in [5.74, 6) is 0.0264. The molecule has 0 unspecified atom stereocenters. The first kappa shape index (κ1) is 32.8. The van der Waals surface area contributed by atoms with Gasteiger partial charge in [0.25, 0.3) is 16.1 Å². The van der Waals surface area contributed by atoms with Gasteiger partial charge in [-0.3, -0.25) is 4.55 Å². The molecule has 0 radical (unpaired) electrons. The maximum atomic E-state index is 13.3. The molecule has 1 heterocycles. The summed E-state index contributed by atoms with van der Waals surface area (Å²) in [6.45, 7) is 0. The Morgan fingerprint density at radius 3 is 1.48 bits per heavy atom. The molecule has 220 valence electrons. The van der Waals surface area contributed by atoms with Gasteiger partial charge in [-0.25, -0.2) is 5.48 Å². The second kappa shape index (κ2) is 14.5. The van der Waals surface area contributed by atoms with Gasteiger partial charge < -0.3 is 10.6 Å². The number of hydrogen-bond donors (Lipinski definition) is 4.